The van der Waals surface area contributed by atoms with E-state index in [1.807, 2.05) is 0 Å². The smallest absolute Gasteiger partial charge is 0.226 e. The average molecular weight is 424 g/mol. The highest BCUT2D eigenvalue weighted by Gasteiger charge is 2.50. The van der Waals surface area contributed by atoms with Crippen molar-refractivity contribution in [3.8, 4) is 0 Å². The number of aliphatic hydroxyl groups is 7. The lowest BCUT2D eigenvalue weighted by molar-refractivity contribution is -0.345. The fourth-order valence-corrected chi connectivity index (χ4v) is 3.07. The van der Waals surface area contributed by atoms with E-state index in [4.69, 9.17) is 19.7 Å². The second-order valence-corrected chi connectivity index (χ2v) is 6.52. The Labute approximate surface area is 163 Å². The third-order valence-corrected chi connectivity index (χ3v) is 4.62. The third-order valence-electron chi connectivity index (χ3n) is 4.62. The molecule has 0 spiro atoms. The van der Waals surface area contributed by atoms with Gasteiger partial charge in [0.1, 0.15) is 55.3 Å². The van der Waals surface area contributed by atoms with Crippen LogP contribution in [0.25, 0.3) is 10.4 Å². The van der Waals surface area contributed by atoms with E-state index in [0.717, 1.165) is 0 Å². The van der Waals surface area contributed by atoms with Gasteiger partial charge in [-0.1, -0.05) is 5.11 Å². The maximum absolute atomic E-state index is 11.7. The summed E-state index contributed by atoms with van der Waals surface area (Å²) in [6.45, 7) is -2.07. The molecule has 2 aliphatic heterocycles. The van der Waals surface area contributed by atoms with Gasteiger partial charge in [-0.3, -0.25) is 4.79 Å². The highest BCUT2D eigenvalue weighted by atomic mass is 16.7. The number of nitrogens with one attached hydrogen (secondary N) is 1. The zero-order chi connectivity index (χ0) is 21.7. The molecule has 10 atom stereocenters. The third kappa shape index (κ3) is 5.30. The van der Waals surface area contributed by atoms with E-state index in [0.29, 0.717) is 0 Å². The van der Waals surface area contributed by atoms with Gasteiger partial charge in [0.25, 0.3) is 0 Å². The summed E-state index contributed by atoms with van der Waals surface area (Å²) in [5.41, 5.74) is 8.24. The first-order valence-electron chi connectivity index (χ1n) is 8.63. The molecule has 29 heavy (non-hydrogen) atoms. The lowest BCUT2D eigenvalue weighted by Crippen LogP contribution is -2.67. The molecule has 0 aromatic carbocycles. The van der Waals surface area contributed by atoms with E-state index in [1.54, 1.807) is 0 Å². The van der Waals surface area contributed by atoms with Crippen molar-refractivity contribution < 1.29 is 54.8 Å². The number of hydrogen-bond donors (Lipinski definition) is 8. The molecule has 2 aliphatic rings. The van der Waals surface area contributed by atoms with Gasteiger partial charge in [-0.05, 0) is 5.53 Å². The molecule has 2 fully saturated rings. The number of carbonyl (C=O) groups is 1. The van der Waals surface area contributed by atoms with Crippen LogP contribution in [0.5, 0.6) is 0 Å². The Hall–Kier alpha value is -1.62. The number of hydrogen-bond acceptors (Lipinski definition) is 12. The van der Waals surface area contributed by atoms with Gasteiger partial charge in [0.2, 0.25) is 5.91 Å². The standard InChI is InChI=1S/C14H24N4O11/c15-18-16-1-6(21)17-7-9(23)12(5(3-20)27-13(7)26)29-14-11(25)10(24)8(22)4(2-19)28-14/h4-5,7-14,19-20,22-26H,1-3H2,(H,17,21)/t4-,5-,7-,8+,9-,10+,11-,12-,13?,14+/m1/s1. The number of rotatable bonds is 7. The fraction of sp³-hybridized carbons (Fsp3) is 0.929. The van der Waals surface area contributed by atoms with Gasteiger partial charge < -0.3 is 55.3 Å². The number of ether oxygens (including phenoxy) is 3. The molecule has 0 aromatic heterocycles. The van der Waals surface area contributed by atoms with Gasteiger partial charge >= 0.3 is 0 Å². The van der Waals surface area contributed by atoms with Gasteiger partial charge in [-0.25, -0.2) is 0 Å². The number of amides is 1. The second kappa shape index (κ2) is 10.4. The Morgan fingerprint density at radius 3 is 2.24 bits per heavy atom. The molecule has 0 radical (unpaired) electrons. The normalized spacial score (nSPS) is 42.7. The minimum atomic E-state index is -1.79. The van der Waals surface area contributed by atoms with Crippen molar-refractivity contribution in [3.63, 3.8) is 0 Å². The lowest BCUT2D eigenvalue weighted by Gasteiger charge is -2.46. The molecule has 2 saturated heterocycles. The van der Waals surface area contributed by atoms with E-state index in [1.165, 1.54) is 0 Å². The van der Waals surface area contributed by atoms with E-state index in [-0.39, 0.29) is 0 Å². The first-order chi connectivity index (χ1) is 13.7. The van der Waals surface area contributed by atoms with Crippen molar-refractivity contribution in [1.82, 2.24) is 5.32 Å². The molecule has 166 valence electrons. The monoisotopic (exact) mass is 424 g/mol. The van der Waals surface area contributed by atoms with Crippen LogP contribution in [-0.2, 0) is 19.0 Å². The predicted octanol–water partition coefficient (Wildman–Crippen LogP) is -4.96. The van der Waals surface area contributed by atoms with Crippen molar-refractivity contribution in [1.29, 1.82) is 0 Å². The largest absolute Gasteiger partial charge is 0.394 e. The first-order valence-corrected chi connectivity index (χ1v) is 8.63. The van der Waals surface area contributed by atoms with Crippen molar-refractivity contribution in [2.45, 2.75) is 61.3 Å². The summed E-state index contributed by atoms with van der Waals surface area (Å²) in [6, 6.07) is -1.46. The van der Waals surface area contributed by atoms with Crippen LogP contribution in [-0.4, -0.2) is 123 Å². The van der Waals surface area contributed by atoms with Gasteiger partial charge in [0.05, 0.1) is 13.2 Å². The van der Waals surface area contributed by atoms with E-state index >= 15 is 0 Å². The number of aliphatic hydroxyl groups excluding tert-OH is 7. The highest BCUT2D eigenvalue weighted by Crippen LogP contribution is 2.28. The Balaban J connectivity index is 2.15. The van der Waals surface area contributed by atoms with Crippen LogP contribution in [0.15, 0.2) is 5.11 Å². The van der Waals surface area contributed by atoms with Crippen molar-refractivity contribution in [2.75, 3.05) is 19.8 Å². The highest BCUT2D eigenvalue weighted by molar-refractivity contribution is 5.78. The van der Waals surface area contributed by atoms with Crippen molar-refractivity contribution in [3.05, 3.63) is 10.4 Å². The van der Waals surface area contributed by atoms with Crippen LogP contribution in [0.2, 0.25) is 0 Å². The molecule has 2 heterocycles. The van der Waals surface area contributed by atoms with Gasteiger partial charge in [-0.2, -0.15) is 0 Å². The number of azide groups is 1. The molecule has 2 rings (SSSR count). The van der Waals surface area contributed by atoms with Gasteiger partial charge in [0.15, 0.2) is 12.6 Å². The molecular weight excluding hydrogens is 400 g/mol. The molecule has 0 aromatic rings. The van der Waals surface area contributed by atoms with E-state index < -0.39 is 87.0 Å². The number of nitrogens with zero attached hydrogens (tertiary/aromatic N) is 3. The molecule has 15 nitrogen and oxygen atoms in total. The topological polar surface area (TPSA) is 247 Å². The maximum Gasteiger partial charge on any atom is 0.226 e. The summed E-state index contributed by atoms with van der Waals surface area (Å²) in [5.74, 6) is -0.844. The Bertz CT molecular complexity index is 604. The zero-order valence-electron chi connectivity index (χ0n) is 15.0. The average Bonchev–Trinajstić information content (AvgIpc) is 2.71. The van der Waals surface area contributed by atoms with Crippen LogP contribution >= 0.6 is 0 Å². The van der Waals surface area contributed by atoms with Gasteiger partial charge in [-0.15, -0.1) is 0 Å². The summed E-state index contributed by atoms with van der Waals surface area (Å²) in [6.07, 6.45) is -14.4. The minimum absolute atomic E-state index is 0.617. The molecular formula is C14H24N4O11. The molecule has 0 bridgehead atoms. The van der Waals surface area contributed by atoms with E-state index in [9.17, 15) is 40.5 Å². The fourth-order valence-electron chi connectivity index (χ4n) is 3.07. The van der Waals surface area contributed by atoms with Crippen LogP contribution in [0.1, 0.15) is 0 Å². The summed E-state index contributed by atoms with van der Waals surface area (Å²) >= 11 is 0. The summed E-state index contributed by atoms with van der Waals surface area (Å²) in [5, 5.41) is 74.1. The first kappa shape index (κ1) is 23.7. The molecule has 1 unspecified atom stereocenters. The molecule has 8 N–H and O–H groups in total. The van der Waals surface area contributed by atoms with E-state index in [2.05, 4.69) is 15.3 Å². The number of carbonyl (C=O) groups excluding carboxylic acids is 1. The molecule has 0 aliphatic carbocycles. The quantitative estimate of drug-likeness (QED) is 0.109. The maximum atomic E-state index is 11.7. The Morgan fingerprint density at radius 1 is 1.00 bits per heavy atom. The second-order valence-electron chi connectivity index (χ2n) is 6.52. The lowest BCUT2D eigenvalue weighted by atomic mass is 9.95. The molecule has 1 amide bonds. The van der Waals surface area contributed by atoms with Gasteiger partial charge in [0, 0.05) is 4.91 Å². The SMILES string of the molecule is [N-]=[N+]=NCC(=O)N[C@H]1C(O)O[C@H](CO)[C@@H](O[C@@H]2O[C@H](CO)[C@H](O)[C@H](O)[C@H]2O)[C@@H]1O. The van der Waals surface area contributed by atoms with Crippen molar-refractivity contribution >= 4 is 5.91 Å². The minimum Gasteiger partial charge on any atom is -0.394 e. The molecule has 0 saturated carbocycles. The summed E-state index contributed by atoms with van der Waals surface area (Å²) < 4.78 is 15.7. The predicted molar refractivity (Wildman–Crippen MR) is 88.6 cm³/mol. The van der Waals surface area contributed by atoms with Crippen LogP contribution in [0, 0.1) is 0 Å². The molecule has 15 heteroatoms. The van der Waals surface area contributed by atoms with Crippen molar-refractivity contribution in [2.24, 2.45) is 5.11 Å². The Morgan fingerprint density at radius 2 is 1.66 bits per heavy atom. The zero-order valence-corrected chi connectivity index (χ0v) is 15.0. The Kier molecular flexibility index (Phi) is 8.50. The van der Waals surface area contributed by atoms with Crippen LogP contribution < -0.4 is 5.32 Å². The summed E-state index contributed by atoms with van der Waals surface area (Å²) in [4.78, 5) is 14.1. The summed E-state index contributed by atoms with van der Waals surface area (Å²) in [7, 11) is 0. The van der Waals surface area contributed by atoms with Crippen LogP contribution in [0.4, 0.5) is 0 Å². The van der Waals surface area contributed by atoms with Crippen LogP contribution in [0.3, 0.4) is 0 Å².